The van der Waals surface area contributed by atoms with Crippen LogP contribution in [0.25, 0.3) is 0 Å². The summed E-state index contributed by atoms with van der Waals surface area (Å²) in [4.78, 5) is 0. The largest absolute Gasteiger partial charge is 0.381 e. The van der Waals surface area contributed by atoms with Crippen molar-refractivity contribution in [2.24, 2.45) is 5.92 Å². The third kappa shape index (κ3) is 3.71. The van der Waals surface area contributed by atoms with E-state index >= 15 is 0 Å². The molecular formula is C15H22ClNO. The number of nitrogens with one attached hydrogen (secondary N) is 1. The lowest BCUT2D eigenvalue weighted by molar-refractivity contribution is 0.0536. The van der Waals surface area contributed by atoms with E-state index in [2.05, 4.69) is 24.4 Å². The molecule has 1 heterocycles. The van der Waals surface area contributed by atoms with Crippen LogP contribution in [-0.2, 0) is 4.74 Å². The van der Waals surface area contributed by atoms with Crippen molar-refractivity contribution >= 4 is 11.6 Å². The van der Waals surface area contributed by atoms with Crippen molar-refractivity contribution in [3.63, 3.8) is 0 Å². The van der Waals surface area contributed by atoms with E-state index in [0.29, 0.717) is 12.0 Å². The second-order valence-electron chi connectivity index (χ2n) is 4.94. The Balaban J connectivity index is 2.12. The van der Waals surface area contributed by atoms with Crippen molar-refractivity contribution < 1.29 is 4.74 Å². The summed E-state index contributed by atoms with van der Waals surface area (Å²) < 4.78 is 5.46. The minimum atomic E-state index is 0.410. The van der Waals surface area contributed by atoms with E-state index in [-0.39, 0.29) is 0 Å². The molecule has 0 amide bonds. The highest BCUT2D eigenvalue weighted by Gasteiger charge is 2.24. The van der Waals surface area contributed by atoms with E-state index < -0.39 is 0 Å². The Hall–Kier alpha value is -0.570. The van der Waals surface area contributed by atoms with Crippen LogP contribution in [0.4, 0.5) is 0 Å². The van der Waals surface area contributed by atoms with E-state index in [0.717, 1.165) is 44.0 Å². The molecule has 0 saturated carbocycles. The van der Waals surface area contributed by atoms with Crippen LogP contribution in [-0.4, -0.2) is 19.8 Å². The van der Waals surface area contributed by atoms with Crippen molar-refractivity contribution in [1.82, 2.24) is 5.32 Å². The molecule has 1 atom stereocenters. The second-order valence-corrected chi connectivity index (χ2v) is 5.37. The fourth-order valence-corrected chi connectivity index (χ4v) is 2.80. The highest BCUT2D eigenvalue weighted by molar-refractivity contribution is 6.30. The summed E-state index contributed by atoms with van der Waals surface area (Å²) in [7, 11) is 0. The lowest BCUT2D eigenvalue weighted by atomic mass is 9.87. The molecule has 18 heavy (non-hydrogen) atoms. The average Bonchev–Trinajstić information content (AvgIpc) is 2.40. The molecule has 1 aliphatic heterocycles. The lowest BCUT2D eigenvalue weighted by Gasteiger charge is -2.31. The maximum absolute atomic E-state index is 6.11. The van der Waals surface area contributed by atoms with Crippen LogP contribution >= 0.6 is 11.6 Å². The average molecular weight is 268 g/mol. The predicted molar refractivity (Wildman–Crippen MR) is 76.0 cm³/mol. The van der Waals surface area contributed by atoms with Crippen molar-refractivity contribution in [1.29, 1.82) is 0 Å². The van der Waals surface area contributed by atoms with E-state index in [1.165, 1.54) is 5.56 Å². The summed E-state index contributed by atoms with van der Waals surface area (Å²) in [5, 5.41) is 4.49. The highest BCUT2D eigenvalue weighted by Crippen LogP contribution is 2.31. The normalized spacial score (nSPS) is 18.8. The third-order valence-electron chi connectivity index (χ3n) is 3.56. The molecule has 0 radical (unpaired) electrons. The number of hydrogen-bond acceptors (Lipinski definition) is 2. The topological polar surface area (TPSA) is 21.3 Å². The van der Waals surface area contributed by atoms with Gasteiger partial charge >= 0.3 is 0 Å². The van der Waals surface area contributed by atoms with Crippen molar-refractivity contribution in [3.8, 4) is 0 Å². The summed E-state index contributed by atoms with van der Waals surface area (Å²) in [5.74, 6) is 0.656. The fourth-order valence-electron chi connectivity index (χ4n) is 2.61. The Morgan fingerprint density at radius 1 is 1.39 bits per heavy atom. The van der Waals surface area contributed by atoms with Gasteiger partial charge < -0.3 is 10.1 Å². The summed E-state index contributed by atoms with van der Waals surface area (Å²) in [6.07, 6.45) is 3.42. The lowest BCUT2D eigenvalue weighted by Crippen LogP contribution is -2.32. The van der Waals surface area contributed by atoms with Gasteiger partial charge in [0.15, 0.2) is 0 Å². The molecule has 1 aromatic rings. The van der Waals surface area contributed by atoms with Gasteiger partial charge in [-0.3, -0.25) is 0 Å². The van der Waals surface area contributed by atoms with Gasteiger partial charge in [0.05, 0.1) is 0 Å². The van der Waals surface area contributed by atoms with Gasteiger partial charge in [-0.1, -0.05) is 30.7 Å². The van der Waals surface area contributed by atoms with Gasteiger partial charge in [-0.25, -0.2) is 0 Å². The number of hydrogen-bond donors (Lipinski definition) is 1. The molecular weight excluding hydrogens is 246 g/mol. The van der Waals surface area contributed by atoms with Gasteiger partial charge in [-0.05, 0) is 49.4 Å². The molecule has 0 aromatic heterocycles. The molecule has 0 bridgehead atoms. The summed E-state index contributed by atoms with van der Waals surface area (Å²) in [6.45, 7) is 5.02. The number of rotatable bonds is 5. The maximum Gasteiger partial charge on any atom is 0.0469 e. The number of benzene rings is 1. The molecule has 1 aliphatic rings. The smallest absolute Gasteiger partial charge is 0.0469 e. The van der Waals surface area contributed by atoms with Crippen LogP contribution in [0.1, 0.15) is 37.8 Å². The Labute approximate surface area is 115 Å². The number of ether oxygens (including phenoxy) is 1. The molecule has 2 nitrogen and oxygen atoms in total. The van der Waals surface area contributed by atoms with Crippen LogP contribution in [0, 0.1) is 5.92 Å². The van der Waals surface area contributed by atoms with Gasteiger partial charge in [0.25, 0.3) is 0 Å². The minimum absolute atomic E-state index is 0.410. The number of halogens is 1. The Morgan fingerprint density at radius 2 is 2.17 bits per heavy atom. The van der Waals surface area contributed by atoms with Gasteiger partial charge in [-0.15, -0.1) is 0 Å². The van der Waals surface area contributed by atoms with Gasteiger partial charge in [0, 0.05) is 24.3 Å². The quantitative estimate of drug-likeness (QED) is 0.876. The first-order chi connectivity index (χ1) is 8.81. The molecule has 0 spiro atoms. The Bertz CT molecular complexity index is 363. The fraction of sp³-hybridized carbons (Fsp3) is 0.600. The summed E-state index contributed by atoms with van der Waals surface area (Å²) in [6, 6.07) is 8.65. The van der Waals surface area contributed by atoms with Gasteiger partial charge in [0.1, 0.15) is 0 Å². The van der Waals surface area contributed by atoms with Crippen molar-refractivity contribution in [3.05, 3.63) is 34.9 Å². The molecule has 0 aliphatic carbocycles. The summed E-state index contributed by atoms with van der Waals surface area (Å²) >= 11 is 6.11. The highest BCUT2D eigenvalue weighted by atomic mass is 35.5. The summed E-state index contributed by atoms with van der Waals surface area (Å²) in [5.41, 5.74) is 1.31. The maximum atomic E-state index is 6.11. The van der Waals surface area contributed by atoms with Gasteiger partial charge in [-0.2, -0.15) is 0 Å². The van der Waals surface area contributed by atoms with Crippen molar-refractivity contribution in [2.75, 3.05) is 19.8 Å². The zero-order valence-corrected chi connectivity index (χ0v) is 11.7. The molecule has 1 unspecified atom stereocenters. The van der Waals surface area contributed by atoms with Crippen LogP contribution in [0.2, 0.25) is 5.02 Å². The van der Waals surface area contributed by atoms with E-state index in [1.807, 2.05) is 12.1 Å². The zero-order chi connectivity index (χ0) is 12.8. The van der Waals surface area contributed by atoms with Crippen LogP contribution in [0.15, 0.2) is 24.3 Å². The third-order valence-corrected chi connectivity index (χ3v) is 3.79. The molecule has 1 N–H and O–H groups in total. The first-order valence-electron chi connectivity index (χ1n) is 6.88. The molecule has 3 heteroatoms. The predicted octanol–water partition coefficient (Wildman–Crippen LogP) is 3.81. The molecule has 1 aromatic carbocycles. The molecule has 1 saturated heterocycles. The first-order valence-corrected chi connectivity index (χ1v) is 7.25. The van der Waals surface area contributed by atoms with Crippen molar-refractivity contribution in [2.45, 2.75) is 32.2 Å². The standard InChI is InChI=1S/C15H22ClNO/c1-2-8-17-15(12-6-9-18-10-7-12)13-4-3-5-14(16)11-13/h3-5,11-12,15,17H,2,6-10H2,1H3. The molecule has 2 rings (SSSR count). The minimum Gasteiger partial charge on any atom is -0.381 e. The van der Waals surface area contributed by atoms with E-state index in [1.54, 1.807) is 0 Å². The molecule has 100 valence electrons. The van der Waals surface area contributed by atoms with Gasteiger partial charge in [0.2, 0.25) is 0 Å². The Morgan fingerprint density at radius 3 is 2.83 bits per heavy atom. The van der Waals surface area contributed by atoms with Crippen LogP contribution in [0.5, 0.6) is 0 Å². The van der Waals surface area contributed by atoms with Crippen LogP contribution in [0.3, 0.4) is 0 Å². The first kappa shape index (κ1) is 13.9. The SMILES string of the molecule is CCCNC(c1cccc(Cl)c1)C1CCOCC1. The monoisotopic (exact) mass is 267 g/mol. The molecule has 1 fully saturated rings. The zero-order valence-electron chi connectivity index (χ0n) is 11.0. The van der Waals surface area contributed by atoms with Crippen LogP contribution < -0.4 is 5.32 Å². The van der Waals surface area contributed by atoms with E-state index in [4.69, 9.17) is 16.3 Å². The van der Waals surface area contributed by atoms with E-state index in [9.17, 15) is 0 Å². The second kappa shape index (κ2) is 7.13. The Kier molecular flexibility index (Phi) is 5.48.